The third-order valence-corrected chi connectivity index (χ3v) is 6.93. The summed E-state index contributed by atoms with van der Waals surface area (Å²) >= 11 is 1.26. The number of nitrogens with zero attached hydrogens (tertiary/aromatic N) is 1. The van der Waals surface area contributed by atoms with Crippen molar-refractivity contribution in [2.45, 2.75) is 29.0 Å². The van der Waals surface area contributed by atoms with Gasteiger partial charge in [0.05, 0.1) is 0 Å². The fourth-order valence-electron chi connectivity index (χ4n) is 4.23. The van der Waals surface area contributed by atoms with Gasteiger partial charge in [0, 0.05) is 24.0 Å². The van der Waals surface area contributed by atoms with Gasteiger partial charge in [-0.15, -0.1) is 24.2 Å². The van der Waals surface area contributed by atoms with Crippen molar-refractivity contribution < 1.29 is 13.6 Å². The molecule has 1 saturated carbocycles. The number of hydrogen-bond acceptors (Lipinski definition) is 3. The van der Waals surface area contributed by atoms with Gasteiger partial charge in [-0.3, -0.25) is 4.79 Å². The minimum absolute atomic E-state index is 0. The third-order valence-electron chi connectivity index (χ3n) is 5.70. The summed E-state index contributed by atoms with van der Waals surface area (Å²) in [4.78, 5) is 15.8. The Morgan fingerprint density at radius 3 is 2.50 bits per heavy atom. The molecule has 0 radical (unpaired) electrons. The quantitative estimate of drug-likeness (QED) is 0.739. The zero-order valence-electron chi connectivity index (χ0n) is 15.3. The molecule has 4 unspecified atom stereocenters. The van der Waals surface area contributed by atoms with Gasteiger partial charge >= 0.3 is 0 Å². The van der Waals surface area contributed by atoms with E-state index in [2.05, 4.69) is 0 Å². The third kappa shape index (κ3) is 4.19. The number of likely N-dealkylation sites (tertiary alicyclic amines) is 1. The molecule has 1 aliphatic carbocycles. The van der Waals surface area contributed by atoms with Gasteiger partial charge in [-0.1, -0.05) is 30.3 Å². The molecule has 0 spiro atoms. The lowest BCUT2D eigenvalue weighted by atomic mass is 9.98. The Kier molecular flexibility index (Phi) is 6.63. The number of carbonyl (C=O) groups is 1. The molecule has 1 heterocycles. The molecule has 1 aliphatic heterocycles. The number of halogens is 3. The van der Waals surface area contributed by atoms with E-state index >= 15 is 0 Å². The molecule has 2 aliphatic rings. The molecule has 28 heavy (non-hydrogen) atoms. The fourth-order valence-corrected chi connectivity index (χ4v) is 5.36. The van der Waals surface area contributed by atoms with E-state index in [9.17, 15) is 13.6 Å². The Hall–Kier alpha value is -1.63. The van der Waals surface area contributed by atoms with E-state index in [1.807, 2.05) is 35.2 Å². The van der Waals surface area contributed by atoms with Crippen LogP contribution in [0.2, 0.25) is 0 Å². The van der Waals surface area contributed by atoms with Gasteiger partial charge in [0.15, 0.2) is 11.6 Å². The molecule has 0 bridgehead atoms. The molecule has 2 N–H and O–H groups in total. The molecule has 1 amide bonds. The minimum Gasteiger partial charge on any atom is -0.341 e. The minimum atomic E-state index is -0.902. The molecular formula is C21H23ClF2N2OS. The van der Waals surface area contributed by atoms with Crippen LogP contribution in [0.15, 0.2) is 53.4 Å². The van der Waals surface area contributed by atoms with E-state index in [0.29, 0.717) is 23.3 Å². The Labute approximate surface area is 174 Å². The van der Waals surface area contributed by atoms with Crippen LogP contribution in [0, 0.1) is 23.5 Å². The van der Waals surface area contributed by atoms with Crippen molar-refractivity contribution in [3.8, 4) is 0 Å². The second kappa shape index (κ2) is 8.80. The van der Waals surface area contributed by atoms with E-state index < -0.39 is 16.9 Å². The number of amides is 1. The highest BCUT2D eigenvalue weighted by molar-refractivity contribution is 8.00. The summed E-state index contributed by atoms with van der Waals surface area (Å²) in [6, 6.07) is 13.4. The first-order valence-electron chi connectivity index (χ1n) is 9.24. The number of carbonyl (C=O) groups excluding carboxylic acids is 1. The molecule has 2 aromatic rings. The lowest BCUT2D eigenvalue weighted by Gasteiger charge is -2.25. The maximum atomic E-state index is 13.6. The number of rotatable bonds is 4. The number of fused-ring (bicyclic) bond motifs is 1. The fraction of sp³-hybridized carbons (Fsp3) is 0.381. The van der Waals surface area contributed by atoms with E-state index in [4.69, 9.17) is 5.73 Å². The first-order chi connectivity index (χ1) is 13.0. The van der Waals surface area contributed by atoms with Crippen LogP contribution < -0.4 is 5.73 Å². The normalized spacial score (nSPS) is 24.5. The van der Waals surface area contributed by atoms with Gasteiger partial charge < -0.3 is 10.6 Å². The summed E-state index contributed by atoms with van der Waals surface area (Å²) in [5, 5.41) is -0.494. The molecule has 7 heteroatoms. The van der Waals surface area contributed by atoms with Crippen LogP contribution in [0.5, 0.6) is 0 Å². The van der Waals surface area contributed by atoms with Crippen LogP contribution in [0.25, 0.3) is 0 Å². The summed E-state index contributed by atoms with van der Waals surface area (Å²) in [5.74, 6) is -0.922. The second-order valence-corrected chi connectivity index (χ2v) is 8.57. The standard InChI is InChI=1S/C21H22F2N2OS.ClH/c22-17-8-7-15(10-18(17)23)27-20(13-4-2-1-3-5-13)21(26)25-11-14-6-9-19(24)16(14)12-25;/h1-5,7-8,10,14,16,19-20H,6,9,11-12,24H2;1H. The molecular weight excluding hydrogens is 402 g/mol. The molecule has 4 rings (SSSR count). The Bertz CT molecular complexity index is 838. The topological polar surface area (TPSA) is 46.3 Å². The van der Waals surface area contributed by atoms with Gasteiger partial charge in [0.25, 0.3) is 0 Å². The highest BCUT2D eigenvalue weighted by Crippen LogP contribution is 2.42. The average molecular weight is 425 g/mol. The first-order valence-corrected chi connectivity index (χ1v) is 10.1. The summed E-state index contributed by atoms with van der Waals surface area (Å²) in [6.07, 6.45) is 2.10. The highest BCUT2D eigenvalue weighted by Gasteiger charge is 2.43. The SMILES string of the molecule is Cl.NC1CCC2CN(C(=O)C(Sc3ccc(F)c(F)c3)c3ccccc3)CC12. The van der Waals surface area contributed by atoms with Crippen molar-refractivity contribution in [2.75, 3.05) is 13.1 Å². The molecule has 4 atom stereocenters. The van der Waals surface area contributed by atoms with Crippen LogP contribution in [0.3, 0.4) is 0 Å². The van der Waals surface area contributed by atoms with Gasteiger partial charge in [-0.25, -0.2) is 8.78 Å². The summed E-state index contributed by atoms with van der Waals surface area (Å²) in [5.41, 5.74) is 7.06. The zero-order chi connectivity index (χ0) is 19.0. The van der Waals surface area contributed by atoms with Crippen LogP contribution in [-0.4, -0.2) is 29.9 Å². The van der Waals surface area contributed by atoms with Gasteiger partial charge in [0.2, 0.25) is 5.91 Å². The van der Waals surface area contributed by atoms with Gasteiger partial charge in [-0.2, -0.15) is 0 Å². The number of nitrogens with two attached hydrogens (primary N) is 1. The van der Waals surface area contributed by atoms with Crippen LogP contribution in [-0.2, 0) is 4.79 Å². The van der Waals surface area contributed by atoms with Gasteiger partial charge in [-0.05, 0) is 48.4 Å². The zero-order valence-corrected chi connectivity index (χ0v) is 16.9. The smallest absolute Gasteiger partial charge is 0.240 e. The molecule has 2 fully saturated rings. The predicted octanol–water partition coefficient (Wildman–Crippen LogP) is 4.42. The largest absolute Gasteiger partial charge is 0.341 e. The van der Waals surface area contributed by atoms with Crippen molar-refractivity contribution in [3.05, 3.63) is 65.7 Å². The van der Waals surface area contributed by atoms with Crippen LogP contribution in [0.4, 0.5) is 8.78 Å². The summed E-state index contributed by atoms with van der Waals surface area (Å²) < 4.78 is 26.9. The maximum absolute atomic E-state index is 13.6. The Balaban J connectivity index is 0.00000225. The van der Waals surface area contributed by atoms with Crippen LogP contribution in [0.1, 0.15) is 23.7 Å². The number of hydrogen-bond donors (Lipinski definition) is 1. The molecule has 1 saturated heterocycles. The molecule has 3 nitrogen and oxygen atoms in total. The second-order valence-electron chi connectivity index (χ2n) is 7.39. The molecule has 2 aromatic carbocycles. The van der Waals surface area contributed by atoms with Crippen LogP contribution >= 0.6 is 24.2 Å². The van der Waals surface area contributed by atoms with Crippen molar-refractivity contribution in [2.24, 2.45) is 17.6 Å². The first kappa shape index (κ1) is 21.1. The van der Waals surface area contributed by atoms with E-state index in [1.165, 1.54) is 17.8 Å². The molecule has 150 valence electrons. The lowest BCUT2D eigenvalue weighted by molar-refractivity contribution is -0.130. The average Bonchev–Trinajstić information content (AvgIpc) is 3.25. The van der Waals surface area contributed by atoms with Crippen molar-refractivity contribution >= 4 is 30.1 Å². The van der Waals surface area contributed by atoms with E-state index in [0.717, 1.165) is 37.1 Å². The van der Waals surface area contributed by atoms with E-state index in [1.54, 1.807) is 0 Å². The maximum Gasteiger partial charge on any atom is 0.240 e. The van der Waals surface area contributed by atoms with Crippen molar-refractivity contribution in [1.29, 1.82) is 0 Å². The lowest BCUT2D eigenvalue weighted by Crippen LogP contribution is -2.35. The molecule has 0 aromatic heterocycles. The number of benzene rings is 2. The van der Waals surface area contributed by atoms with Gasteiger partial charge in [0.1, 0.15) is 5.25 Å². The highest BCUT2D eigenvalue weighted by atomic mass is 35.5. The van der Waals surface area contributed by atoms with Crippen molar-refractivity contribution in [3.63, 3.8) is 0 Å². The Morgan fingerprint density at radius 2 is 1.82 bits per heavy atom. The summed E-state index contributed by atoms with van der Waals surface area (Å²) in [6.45, 7) is 1.42. The predicted molar refractivity (Wildman–Crippen MR) is 109 cm³/mol. The Morgan fingerprint density at radius 1 is 1.07 bits per heavy atom. The monoisotopic (exact) mass is 424 g/mol. The van der Waals surface area contributed by atoms with E-state index in [-0.39, 0.29) is 24.4 Å². The number of thioether (sulfide) groups is 1. The summed E-state index contributed by atoms with van der Waals surface area (Å²) in [7, 11) is 0. The van der Waals surface area contributed by atoms with Crippen molar-refractivity contribution in [1.82, 2.24) is 4.90 Å².